The van der Waals surface area contributed by atoms with Gasteiger partial charge in [0, 0.05) is 11.3 Å². The first-order chi connectivity index (χ1) is 13.8. The lowest BCUT2D eigenvalue weighted by Gasteiger charge is -2.10. The quantitative estimate of drug-likeness (QED) is 0.311. The molecular formula is C27H23N. The van der Waals surface area contributed by atoms with E-state index in [0.717, 1.165) is 34.4 Å². The highest BCUT2D eigenvalue weighted by Crippen LogP contribution is 2.30. The third-order valence-electron chi connectivity index (χ3n) is 4.91. The van der Waals surface area contributed by atoms with Crippen molar-refractivity contribution in [2.75, 3.05) is 5.73 Å². The number of rotatable bonds is 5. The molecule has 0 aliphatic heterocycles. The number of benzene rings is 4. The van der Waals surface area contributed by atoms with Gasteiger partial charge in [0.15, 0.2) is 0 Å². The predicted octanol–water partition coefficient (Wildman–Crippen LogP) is 6.70. The molecule has 2 N–H and O–H groups in total. The first-order valence-electron chi connectivity index (χ1n) is 9.54. The minimum absolute atomic E-state index is 0.811. The Bertz CT molecular complexity index is 1060. The molecule has 0 saturated carbocycles. The zero-order valence-corrected chi connectivity index (χ0v) is 15.8. The SMILES string of the molecule is Nc1c(C=Cc2ccccc2)cccc1-c1ccc(Cc2ccccc2)cc1. The highest BCUT2D eigenvalue weighted by atomic mass is 14.6. The fourth-order valence-electron chi connectivity index (χ4n) is 3.36. The highest BCUT2D eigenvalue weighted by molar-refractivity contribution is 5.86. The van der Waals surface area contributed by atoms with Gasteiger partial charge in [0.05, 0.1) is 0 Å². The van der Waals surface area contributed by atoms with Gasteiger partial charge in [-0.25, -0.2) is 0 Å². The fourth-order valence-corrected chi connectivity index (χ4v) is 3.36. The van der Waals surface area contributed by atoms with E-state index in [1.165, 1.54) is 11.1 Å². The van der Waals surface area contributed by atoms with Crippen LogP contribution in [0.2, 0.25) is 0 Å². The average molecular weight is 361 g/mol. The highest BCUT2D eigenvalue weighted by Gasteiger charge is 2.06. The van der Waals surface area contributed by atoms with Crippen LogP contribution in [0.25, 0.3) is 23.3 Å². The number of nitrogen functional groups attached to an aromatic ring is 1. The van der Waals surface area contributed by atoms with E-state index >= 15 is 0 Å². The minimum Gasteiger partial charge on any atom is -0.398 e. The van der Waals surface area contributed by atoms with Gasteiger partial charge in [-0.2, -0.15) is 0 Å². The molecule has 0 aromatic heterocycles. The summed E-state index contributed by atoms with van der Waals surface area (Å²) in [5, 5.41) is 0. The Morgan fingerprint density at radius 2 is 1.21 bits per heavy atom. The Morgan fingerprint density at radius 3 is 1.93 bits per heavy atom. The molecule has 4 rings (SSSR count). The van der Waals surface area contributed by atoms with Gasteiger partial charge in [-0.05, 0) is 34.2 Å². The molecule has 0 unspecified atom stereocenters. The van der Waals surface area contributed by atoms with Crippen LogP contribution in [-0.2, 0) is 6.42 Å². The number of nitrogens with two attached hydrogens (primary N) is 1. The minimum atomic E-state index is 0.811. The second-order valence-corrected chi connectivity index (χ2v) is 6.91. The van der Waals surface area contributed by atoms with Crippen molar-refractivity contribution in [2.24, 2.45) is 0 Å². The van der Waals surface area contributed by atoms with Crippen molar-refractivity contribution in [1.29, 1.82) is 0 Å². The third-order valence-corrected chi connectivity index (χ3v) is 4.91. The van der Waals surface area contributed by atoms with Crippen molar-refractivity contribution in [2.45, 2.75) is 6.42 Å². The topological polar surface area (TPSA) is 26.0 Å². The summed E-state index contributed by atoms with van der Waals surface area (Å²) in [6, 6.07) is 35.7. The van der Waals surface area contributed by atoms with E-state index in [9.17, 15) is 0 Å². The lowest BCUT2D eigenvalue weighted by atomic mass is 9.97. The molecule has 0 aliphatic rings. The van der Waals surface area contributed by atoms with Crippen molar-refractivity contribution < 1.29 is 0 Å². The van der Waals surface area contributed by atoms with E-state index in [2.05, 4.69) is 97.1 Å². The molecule has 0 bridgehead atoms. The smallest absolute Gasteiger partial charge is 0.0467 e. The van der Waals surface area contributed by atoms with E-state index in [0.29, 0.717) is 0 Å². The Balaban J connectivity index is 1.56. The van der Waals surface area contributed by atoms with Crippen LogP contribution in [0, 0.1) is 0 Å². The van der Waals surface area contributed by atoms with Gasteiger partial charge in [-0.15, -0.1) is 0 Å². The molecule has 0 amide bonds. The molecule has 4 aromatic rings. The molecule has 0 radical (unpaired) electrons. The Kier molecular flexibility index (Phi) is 5.35. The summed E-state index contributed by atoms with van der Waals surface area (Å²) in [6.45, 7) is 0. The first-order valence-corrected chi connectivity index (χ1v) is 9.54. The molecule has 0 atom stereocenters. The lowest BCUT2D eigenvalue weighted by Crippen LogP contribution is -1.94. The Hall–Kier alpha value is -3.58. The summed E-state index contributed by atoms with van der Waals surface area (Å²) in [5.41, 5.74) is 14.3. The van der Waals surface area contributed by atoms with Crippen molar-refractivity contribution in [3.05, 3.63) is 125 Å². The first kappa shape index (κ1) is 17.8. The maximum atomic E-state index is 6.49. The summed E-state index contributed by atoms with van der Waals surface area (Å²) in [7, 11) is 0. The molecule has 4 aromatic carbocycles. The van der Waals surface area contributed by atoms with E-state index < -0.39 is 0 Å². The second-order valence-electron chi connectivity index (χ2n) is 6.91. The van der Waals surface area contributed by atoms with Crippen LogP contribution in [0.4, 0.5) is 5.69 Å². The Morgan fingerprint density at radius 1 is 0.571 bits per heavy atom. The van der Waals surface area contributed by atoms with Gasteiger partial charge in [-0.3, -0.25) is 0 Å². The maximum absolute atomic E-state index is 6.49. The van der Waals surface area contributed by atoms with Gasteiger partial charge in [0.1, 0.15) is 0 Å². The van der Waals surface area contributed by atoms with Gasteiger partial charge in [0.25, 0.3) is 0 Å². The van der Waals surface area contributed by atoms with Gasteiger partial charge >= 0.3 is 0 Å². The predicted molar refractivity (Wildman–Crippen MR) is 121 cm³/mol. The van der Waals surface area contributed by atoms with Crippen molar-refractivity contribution >= 4 is 17.8 Å². The van der Waals surface area contributed by atoms with Crippen molar-refractivity contribution in [1.82, 2.24) is 0 Å². The fraction of sp³-hybridized carbons (Fsp3) is 0.0370. The summed E-state index contributed by atoms with van der Waals surface area (Å²) in [4.78, 5) is 0. The van der Waals surface area contributed by atoms with E-state index in [4.69, 9.17) is 5.73 Å². The third kappa shape index (κ3) is 4.21. The van der Waals surface area contributed by atoms with Crippen molar-refractivity contribution in [3.8, 4) is 11.1 Å². The molecule has 0 spiro atoms. The zero-order chi connectivity index (χ0) is 19.2. The summed E-state index contributed by atoms with van der Waals surface area (Å²) < 4.78 is 0. The lowest BCUT2D eigenvalue weighted by molar-refractivity contribution is 1.19. The van der Waals surface area contributed by atoms with Crippen LogP contribution in [0.3, 0.4) is 0 Å². The van der Waals surface area contributed by atoms with Crippen LogP contribution >= 0.6 is 0 Å². The molecule has 0 fully saturated rings. The van der Waals surface area contributed by atoms with Crippen LogP contribution in [-0.4, -0.2) is 0 Å². The summed E-state index contributed by atoms with van der Waals surface area (Å²) in [5.74, 6) is 0. The zero-order valence-electron chi connectivity index (χ0n) is 15.8. The van der Waals surface area contributed by atoms with Crippen LogP contribution < -0.4 is 5.73 Å². The largest absolute Gasteiger partial charge is 0.398 e. The molecule has 0 aliphatic carbocycles. The average Bonchev–Trinajstić information content (AvgIpc) is 2.75. The number of para-hydroxylation sites is 1. The molecule has 1 nitrogen and oxygen atoms in total. The summed E-state index contributed by atoms with van der Waals surface area (Å²) >= 11 is 0. The van der Waals surface area contributed by atoms with Crippen LogP contribution in [0.5, 0.6) is 0 Å². The summed E-state index contributed by atoms with van der Waals surface area (Å²) in [6.07, 6.45) is 5.12. The van der Waals surface area contributed by atoms with Crippen LogP contribution in [0.15, 0.2) is 103 Å². The molecule has 1 heteroatoms. The number of hydrogen-bond donors (Lipinski definition) is 1. The van der Waals surface area contributed by atoms with E-state index in [1.807, 2.05) is 18.2 Å². The molecule has 0 heterocycles. The number of hydrogen-bond acceptors (Lipinski definition) is 1. The van der Waals surface area contributed by atoms with Gasteiger partial charge in [0.2, 0.25) is 0 Å². The molecular weight excluding hydrogens is 338 g/mol. The second kappa shape index (κ2) is 8.41. The van der Waals surface area contributed by atoms with Crippen molar-refractivity contribution in [3.63, 3.8) is 0 Å². The molecule has 0 saturated heterocycles. The molecule has 28 heavy (non-hydrogen) atoms. The normalized spacial score (nSPS) is 11.0. The Labute approximate surface area is 166 Å². The molecule has 136 valence electrons. The monoisotopic (exact) mass is 361 g/mol. The maximum Gasteiger partial charge on any atom is 0.0467 e. The van der Waals surface area contributed by atoms with Gasteiger partial charge < -0.3 is 5.73 Å². The number of anilines is 1. The van der Waals surface area contributed by atoms with E-state index in [1.54, 1.807) is 0 Å². The standard InChI is InChI=1S/C27H23N/c28-27-25(19-14-21-8-3-1-4-9-21)12-7-13-26(27)24-17-15-23(16-18-24)20-22-10-5-2-6-11-22/h1-19H,20,28H2. The van der Waals surface area contributed by atoms with Gasteiger partial charge in [-0.1, -0.05) is 115 Å². The van der Waals surface area contributed by atoms with E-state index in [-0.39, 0.29) is 0 Å². The van der Waals surface area contributed by atoms with Crippen LogP contribution in [0.1, 0.15) is 22.3 Å².